The summed E-state index contributed by atoms with van der Waals surface area (Å²) in [4.78, 5) is 33.1. The minimum Gasteiger partial charge on any atom is -0.483 e. The Balaban J connectivity index is 0.00000118. The zero-order chi connectivity index (χ0) is 28.2. The fourth-order valence-electron chi connectivity index (χ4n) is 3.31. The molecule has 1 aromatic heterocycles. The first-order valence-electron chi connectivity index (χ1n) is 11.6. The third-order valence-electron chi connectivity index (χ3n) is 4.95. The maximum atomic E-state index is 13.0. The molecule has 12 nitrogen and oxygen atoms in total. The molecule has 3 rings (SSSR count). The highest BCUT2D eigenvalue weighted by atomic mass is 16.5. The van der Waals surface area contributed by atoms with E-state index in [0.717, 1.165) is 18.1 Å². The van der Waals surface area contributed by atoms with Gasteiger partial charge in [0.25, 0.3) is 17.8 Å². The normalized spacial score (nSPS) is 11.0. The zero-order valence-corrected chi connectivity index (χ0v) is 21.4. The SMILES string of the molecule is CC(=O)O.CCOC(C(=O)NCc1ccc(C(=N)N)cc1)n1cc(C)c(-c2ccccc2OCC(N)=O)n1. The standard InChI is InChI=1S/C24H28N6O4.C2H4O2/c1-3-33-24(23(32)28-12-16-8-10-17(11-9-16)22(26)27)30-13-15(2)21(29-30)18-6-4-5-7-19(18)34-14-20(25)31;1-2(3)4/h4-11,13,24H,3,12,14H2,1-2H3,(H2,25,31)(H3,26,27)(H,28,32);1H3,(H,3,4). The number of aliphatic carboxylic acids is 1. The van der Waals surface area contributed by atoms with Crippen LogP contribution in [-0.2, 0) is 25.7 Å². The molecule has 0 aliphatic rings. The highest BCUT2D eigenvalue weighted by molar-refractivity contribution is 5.94. The van der Waals surface area contributed by atoms with Crippen molar-refractivity contribution in [2.75, 3.05) is 13.2 Å². The second-order valence-corrected chi connectivity index (χ2v) is 8.05. The quantitative estimate of drug-likeness (QED) is 0.185. The van der Waals surface area contributed by atoms with Gasteiger partial charge in [0, 0.05) is 37.4 Å². The number of amides is 2. The van der Waals surface area contributed by atoms with E-state index in [4.69, 9.17) is 36.3 Å². The van der Waals surface area contributed by atoms with Gasteiger partial charge in [-0.25, -0.2) is 4.68 Å². The minimum absolute atomic E-state index is 0.0153. The molecule has 202 valence electrons. The van der Waals surface area contributed by atoms with Crippen LogP contribution in [0.15, 0.2) is 54.7 Å². The van der Waals surface area contributed by atoms with Gasteiger partial charge in [0.2, 0.25) is 6.23 Å². The molecule has 2 aromatic carbocycles. The molecule has 1 atom stereocenters. The number of carbonyl (C=O) groups is 3. The van der Waals surface area contributed by atoms with Crippen LogP contribution in [0.4, 0.5) is 0 Å². The Kier molecular flexibility index (Phi) is 11.0. The fraction of sp³-hybridized carbons (Fsp3) is 0.269. The van der Waals surface area contributed by atoms with Crippen LogP contribution in [0.3, 0.4) is 0 Å². The van der Waals surface area contributed by atoms with Crippen molar-refractivity contribution in [3.63, 3.8) is 0 Å². The average molecular weight is 525 g/mol. The van der Waals surface area contributed by atoms with E-state index in [9.17, 15) is 9.59 Å². The first-order chi connectivity index (χ1) is 18.0. The number of nitrogen functional groups attached to an aromatic ring is 1. The highest BCUT2D eigenvalue weighted by Gasteiger charge is 2.24. The number of nitrogens with two attached hydrogens (primary N) is 2. The molecule has 0 saturated carbocycles. The molecule has 0 radical (unpaired) electrons. The van der Waals surface area contributed by atoms with Crippen molar-refractivity contribution in [2.24, 2.45) is 11.5 Å². The number of nitrogens with zero attached hydrogens (tertiary/aromatic N) is 2. The molecule has 0 aliphatic heterocycles. The van der Waals surface area contributed by atoms with Gasteiger partial charge in [-0.1, -0.05) is 36.4 Å². The van der Waals surface area contributed by atoms with Crippen molar-refractivity contribution < 1.29 is 29.0 Å². The largest absolute Gasteiger partial charge is 0.483 e. The van der Waals surface area contributed by atoms with E-state index in [2.05, 4.69) is 10.4 Å². The first-order valence-corrected chi connectivity index (χ1v) is 11.6. The third-order valence-corrected chi connectivity index (χ3v) is 4.95. The van der Waals surface area contributed by atoms with Crippen LogP contribution in [0, 0.1) is 12.3 Å². The van der Waals surface area contributed by atoms with E-state index in [-0.39, 0.29) is 24.9 Å². The molecule has 1 heterocycles. The van der Waals surface area contributed by atoms with Gasteiger partial charge in [-0.05, 0) is 37.1 Å². The predicted molar refractivity (Wildman–Crippen MR) is 140 cm³/mol. The number of ether oxygens (including phenoxy) is 2. The molecular weight excluding hydrogens is 492 g/mol. The van der Waals surface area contributed by atoms with Crippen molar-refractivity contribution in [1.82, 2.24) is 15.1 Å². The summed E-state index contributed by atoms with van der Waals surface area (Å²) in [6.45, 7) is 5.07. The van der Waals surface area contributed by atoms with Crippen molar-refractivity contribution in [2.45, 2.75) is 33.5 Å². The molecule has 12 heteroatoms. The summed E-state index contributed by atoms with van der Waals surface area (Å²) in [5.74, 6) is -1.33. The van der Waals surface area contributed by atoms with Gasteiger partial charge in [-0.2, -0.15) is 5.10 Å². The van der Waals surface area contributed by atoms with Crippen LogP contribution in [0.2, 0.25) is 0 Å². The first kappa shape index (κ1) is 29.5. The highest BCUT2D eigenvalue weighted by Crippen LogP contribution is 2.31. The van der Waals surface area contributed by atoms with Crippen molar-refractivity contribution in [1.29, 1.82) is 5.41 Å². The number of nitrogens with one attached hydrogen (secondary N) is 2. The van der Waals surface area contributed by atoms with Crippen molar-refractivity contribution in [3.8, 4) is 17.0 Å². The lowest BCUT2D eigenvalue weighted by atomic mass is 10.1. The lowest BCUT2D eigenvalue weighted by molar-refractivity contribution is -0.140. The second kappa shape index (κ2) is 14.1. The molecule has 0 spiro atoms. The Bertz CT molecular complexity index is 1270. The monoisotopic (exact) mass is 524 g/mol. The van der Waals surface area contributed by atoms with Crippen LogP contribution < -0.4 is 21.5 Å². The number of para-hydroxylation sites is 1. The minimum atomic E-state index is -0.979. The zero-order valence-electron chi connectivity index (χ0n) is 21.4. The van der Waals surface area contributed by atoms with Gasteiger partial charge in [-0.15, -0.1) is 0 Å². The van der Waals surface area contributed by atoms with Gasteiger partial charge in [0.05, 0.1) is 5.69 Å². The number of hydrogen-bond donors (Lipinski definition) is 5. The number of carboxylic acid groups (broad SMARTS) is 1. The van der Waals surface area contributed by atoms with Crippen LogP contribution in [0.1, 0.15) is 36.8 Å². The Labute approximate surface area is 220 Å². The molecule has 0 saturated heterocycles. The molecule has 2 amide bonds. The number of amidine groups is 1. The summed E-state index contributed by atoms with van der Waals surface area (Å²) in [6.07, 6.45) is 0.745. The molecule has 7 N–H and O–H groups in total. The molecule has 1 unspecified atom stereocenters. The lowest BCUT2D eigenvalue weighted by Gasteiger charge is -2.17. The third kappa shape index (κ3) is 8.75. The van der Waals surface area contributed by atoms with Crippen LogP contribution >= 0.6 is 0 Å². The topological polar surface area (TPSA) is 196 Å². The predicted octanol–water partition coefficient (Wildman–Crippen LogP) is 1.95. The lowest BCUT2D eigenvalue weighted by Crippen LogP contribution is -2.34. The second-order valence-electron chi connectivity index (χ2n) is 8.05. The van der Waals surface area contributed by atoms with Crippen LogP contribution in [-0.4, -0.2) is 51.7 Å². The van der Waals surface area contributed by atoms with Crippen LogP contribution in [0.25, 0.3) is 11.3 Å². The van der Waals surface area contributed by atoms with Gasteiger partial charge in [0.1, 0.15) is 11.6 Å². The number of carboxylic acids is 1. The number of hydrogen-bond acceptors (Lipinski definition) is 7. The number of benzene rings is 2. The number of carbonyl (C=O) groups excluding carboxylic acids is 2. The maximum absolute atomic E-state index is 13.0. The fourth-order valence-corrected chi connectivity index (χ4v) is 3.31. The molecule has 38 heavy (non-hydrogen) atoms. The van der Waals surface area contributed by atoms with E-state index in [1.54, 1.807) is 49.5 Å². The van der Waals surface area contributed by atoms with E-state index in [1.165, 1.54) is 4.68 Å². The van der Waals surface area contributed by atoms with Gasteiger partial charge in [-0.3, -0.25) is 19.8 Å². The number of aryl methyl sites for hydroxylation is 1. The molecule has 0 aliphatic carbocycles. The summed E-state index contributed by atoms with van der Waals surface area (Å²) in [5, 5.41) is 22.3. The molecular formula is C26H32N6O6. The van der Waals surface area contributed by atoms with Gasteiger partial charge >= 0.3 is 0 Å². The number of rotatable bonds is 11. The van der Waals surface area contributed by atoms with Gasteiger partial charge < -0.3 is 31.4 Å². The summed E-state index contributed by atoms with van der Waals surface area (Å²) in [5.41, 5.74) is 14.2. The molecule has 0 bridgehead atoms. The Hall–Kier alpha value is -4.71. The van der Waals surface area contributed by atoms with Crippen molar-refractivity contribution in [3.05, 3.63) is 71.4 Å². The summed E-state index contributed by atoms with van der Waals surface area (Å²) in [7, 11) is 0. The Morgan fingerprint density at radius 3 is 2.34 bits per heavy atom. The Morgan fingerprint density at radius 1 is 1.13 bits per heavy atom. The van der Waals surface area contributed by atoms with E-state index in [1.807, 2.05) is 19.1 Å². The summed E-state index contributed by atoms with van der Waals surface area (Å²) < 4.78 is 12.7. The number of primary amides is 1. The van der Waals surface area contributed by atoms with Crippen LogP contribution in [0.5, 0.6) is 5.75 Å². The van der Waals surface area contributed by atoms with E-state index >= 15 is 0 Å². The average Bonchev–Trinajstić information content (AvgIpc) is 3.25. The van der Waals surface area contributed by atoms with Crippen molar-refractivity contribution >= 4 is 23.6 Å². The van der Waals surface area contributed by atoms with E-state index < -0.39 is 18.1 Å². The van der Waals surface area contributed by atoms with Gasteiger partial charge in [0.15, 0.2) is 6.61 Å². The smallest absolute Gasteiger partial charge is 0.300 e. The molecule has 0 fully saturated rings. The van der Waals surface area contributed by atoms with E-state index in [0.29, 0.717) is 29.2 Å². The summed E-state index contributed by atoms with van der Waals surface area (Å²) in [6, 6.07) is 14.2. The molecule has 3 aromatic rings. The number of aromatic nitrogens is 2. The summed E-state index contributed by atoms with van der Waals surface area (Å²) >= 11 is 0. The maximum Gasteiger partial charge on any atom is 0.300 e. The Morgan fingerprint density at radius 2 is 1.76 bits per heavy atom.